The van der Waals surface area contributed by atoms with E-state index in [0.717, 1.165) is 11.1 Å². The first kappa shape index (κ1) is 16.8. The first-order valence-corrected chi connectivity index (χ1v) is 6.23. The summed E-state index contributed by atoms with van der Waals surface area (Å²) in [6.45, 7) is 7.05. The van der Waals surface area contributed by atoms with Gasteiger partial charge in [-0.3, -0.25) is 0 Å². The molecule has 7 heteroatoms. The zero-order valence-electron chi connectivity index (χ0n) is 12.3. The van der Waals surface area contributed by atoms with Crippen LogP contribution in [-0.2, 0) is 25.8 Å². The van der Waals surface area contributed by atoms with Gasteiger partial charge in [-0.1, -0.05) is 24.3 Å². The maximum atomic E-state index is 10.4. The van der Waals surface area contributed by atoms with E-state index >= 15 is 0 Å². The van der Waals surface area contributed by atoms with Crippen molar-refractivity contribution in [3.8, 4) is 0 Å². The van der Waals surface area contributed by atoms with Crippen LogP contribution in [0.3, 0.4) is 0 Å². The van der Waals surface area contributed by atoms with Gasteiger partial charge in [0.1, 0.15) is 5.60 Å². The van der Waals surface area contributed by atoms with E-state index < -0.39 is 17.2 Å². The van der Waals surface area contributed by atoms with Crippen LogP contribution in [0.1, 0.15) is 38.8 Å². The van der Waals surface area contributed by atoms with Crippen LogP contribution in [-0.4, -0.2) is 17.3 Å². The molecule has 0 saturated heterocycles. The predicted molar refractivity (Wildman–Crippen MR) is 73.9 cm³/mol. The Morgan fingerprint density at radius 3 is 2.19 bits per heavy atom. The van der Waals surface area contributed by atoms with Crippen LogP contribution in [0.2, 0.25) is 0 Å². The Hall–Kier alpha value is -2.21. The van der Waals surface area contributed by atoms with Gasteiger partial charge in [-0.25, -0.2) is 14.5 Å². The van der Waals surface area contributed by atoms with Crippen LogP contribution in [0.4, 0.5) is 4.79 Å². The highest BCUT2D eigenvalue weighted by atomic mass is 17.3. The Kier molecular flexibility index (Phi) is 5.21. The van der Waals surface area contributed by atoms with Gasteiger partial charge in [0.15, 0.2) is 0 Å². The number of carbonyl (C=O) groups is 1. The van der Waals surface area contributed by atoms with Crippen molar-refractivity contribution in [2.24, 2.45) is 4.99 Å². The molecule has 0 unspecified atom stereocenters. The average molecular weight is 294 g/mol. The van der Waals surface area contributed by atoms with Crippen molar-refractivity contribution < 1.29 is 24.6 Å². The van der Waals surface area contributed by atoms with Gasteiger partial charge < -0.3 is 5.11 Å². The van der Waals surface area contributed by atoms with Gasteiger partial charge in [0.25, 0.3) is 0 Å². The molecule has 114 valence electrons. The minimum absolute atomic E-state index is 0.660. The van der Waals surface area contributed by atoms with Gasteiger partial charge in [-0.2, -0.15) is 10.5 Å². The third-order valence-electron chi connectivity index (χ3n) is 2.99. The summed E-state index contributed by atoms with van der Waals surface area (Å²) < 4.78 is 0. The van der Waals surface area contributed by atoms with E-state index in [1.165, 1.54) is 0 Å². The second kappa shape index (κ2) is 6.49. The molecule has 0 saturated carbocycles. The molecule has 0 aliphatic carbocycles. The fourth-order valence-corrected chi connectivity index (χ4v) is 1.67. The Morgan fingerprint density at radius 1 is 1.19 bits per heavy atom. The number of benzene rings is 1. The molecule has 0 atom stereocenters. The minimum atomic E-state index is -1.35. The molecule has 0 heterocycles. The van der Waals surface area contributed by atoms with Gasteiger partial charge in [0.2, 0.25) is 6.08 Å². The Balaban J connectivity index is 2.85. The smallest absolute Gasteiger partial charge is 0.431 e. The molecule has 0 bridgehead atoms. The highest BCUT2D eigenvalue weighted by Crippen LogP contribution is 2.29. The number of carboxylic acid groups (broad SMARTS) is 1. The molecule has 0 aromatic heterocycles. The van der Waals surface area contributed by atoms with Crippen molar-refractivity contribution in [2.75, 3.05) is 0 Å². The summed E-state index contributed by atoms with van der Waals surface area (Å²) in [4.78, 5) is 33.9. The van der Waals surface area contributed by atoms with Crippen molar-refractivity contribution >= 4 is 12.2 Å². The molecular weight excluding hydrogens is 276 g/mol. The second-order valence-electron chi connectivity index (χ2n) is 5.42. The summed E-state index contributed by atoms with van der Waals surface area (Å²) in [5.41, 5.74) is 1.75. The first-order valence-electron chi connectivity index (χ1n) is 6.23. The van der Waals surface area contributed by atoms with Crippen LogP contribution in [0, 0.1) is 0 Å². The van der Waals surface area contributed by atoms with E-state index in [4.69, 9.17) is 9.99 Å². The van der Waals surface area contributed by atoms with E-state index in [1.807, 2.05) is 12.1 Å². The lowest BCUT2D eigenvalue weighted by Gasteiger charge is -2.24. The van der Waals surface area contributed by atoms with Gasteiger partial charge in [0, 0.05) is 0 Å². The fourth-order valence-electron chi connectivity index (χ4n) is 1.67. The van der Waals surface area contributed by atoms with E-state index in [-0.39, 0.29) is 0 Å². The van der Waals surface area contributed by atoms with Gasteiger partial charge in [0.05, 0.1) is 5.54 Å². The largest absolute Gasteiger partial charge is 0.463 e. The molecule has 0 fully saturated rings. The Labute approximate surface area is 122 Å². The van der Waals surface area contributed by atoms with Crippen LogP contribution in [0.25, 0.3) is 0 Å². The lowest BCUT2D eigenvalue weighted by Crippen LogP contribution is -2.29. The van der Waals surface area contributed by atoms with Crippen LogP contribution >= 0.6 is 0 Å². The Morgan fingerprint density at radius 2 is 1.71 bits per heavy atom. The molecule has 0 aliphatic heterocycles. The zero-order valence-corrected chi connectivity index (χ0v) is 12.3. The number of isocyanates is 1. The van der Waals surface area contributed by atoms with Crippen molar-refractivity contribution in [2.45, 2.75) is 38.8 Å². The molecule has 1 aromatic carbocycles. The van der Waals surface area contributed by atoms with Crippen LogP contribution < -0.4 is 5.48 Å². The quantitative estimate of drug-likeness (QED) is 0.364. The standard InChI is InChI=1S/C14H18N2O5/c1-13(2,15-9-17)10-5-7-11(8-6-10)14(3,4)20-21-16-12(18)19/h5-8,16H,1-4H3,(H,18,19). The molecule has 0 aliphatic rings. The highest BCUT2D eigenvalue weighted by molar-refractivity contribution is 5.62. The first-order chi connectivity index (χ1) is 9.69. The molecule has 0 radical (unpaired) electrons. The summed E-state index contributed by atoms with van der Waals surface area (Å²) in [6.07, 6.45) is 0.204. The molecular formula is C14H18N2O5. The lowest BCUT2D eigenvalue weighted by molar-refractivity contribution is -0.384. The van der Waals surface area contributed by atoms with E-state index in [9.17, 15) is 9.59 Å². The normalized spacial score (nSPS) is 11.6. The molecule has 1 aromatic rings. The van der Waals surface area contributed by atoms with Crippen LogP contribution in [0.5, 0.6) is 0 Å². The number of aliphatic imine (C=N–C) groups is 1. The summed E-state index contributed by atoms with van der Waals surface area (Å²) in [5, 5.41) is 8.40. The van der Waals surface area contributed by atoms with Crippen molar-refractivity contribution in [1.29, 1.82) is 0 Å². The number of hydrogen-bond acceptors (Lipinski definition) is 5. The molecule has 21 heavy (non-hydrogen) atoms. The van der Waals surface area contributed by atoms with E-state index in [2.05, 4.69) is 9.98 Å². The Bertz CT molecular complexity index is 545. The number of amides is 1. The number of hydrogen-bond donors (Lipinski definition) is 2. The molecule has 1 amide bonds. The zero-order chi connectivity index (χ0) is 16.1. The monoisotopic (exact) mass is 294 g/mol. The summed E-state index contributed by atoms with van der Waals surface area (Å²) in [6, 6.07) is 7.21. The van der Waals surface area contributed by atoms with Crippen molar-refractivity contribution in [3.63, 3.8) is 0 Å². The fraction of sp³-hybridized carbons (Fsp3) is 0.429. The lowest BCUT2D eigenvalue weighted by atomic mass is 9.91. The minimum Gasteiger partial charge on any atom is -0.463 e. The van der Waals surface area contributed by atoms with E-state index in [0.29, 0.717) is 0 Å². The van der Waals surface area contributed by atoms with Crippen molar-refractivity contribution in [1.82, 2.24) is 5.48 Å². The topological polar surface area (TPSA) is 97.2 Å². The van der Waals surface area contributed by atoms with Gasteiger partial charge >= 0.3 is 6.09 Å². The summed E-state index contributed by atoms with van der Waals surface area (Å²) in [5.74, 6) is 0. The maximum Gasteiger partial charge on any atom is 0.431 e. The maximum absolute atomic E-state index is 10.4. The number of carbonyl (C=O) groups excluding carboxylic acids is 1. The molecule has 2 N–H and O–H groups in total. The third-order valence-corrected chi connectivity index (χ3v) is 2.99. The van der Waals surface area contributed by atoms with Gasteiger partial charge in [-0.15, -0.1) is 4.99 Å². The summed E-state index contributed by atoms with van der Waals surface area (Å²) >= 11 is 0. The molecule has 1 rings (SSSR count). The van der Waals surface area contributed by atoms with Crippen molar-refractivity contribution in [3.05, 3.63) is 35.4 Å². The van der Waals surface area contributed by atoms with E-state index in [1.54, 1.807) is 51.4 Å². The van der Waals surface area contributed by atoms with Crippen LogP contribution in [0.15, 0.2) is 29.3 Å². The number of rotatable bonds is 6. The number of nitrogens with one attached hydrogen (secondary N) is 1. The molecule has 7 nitrogen and oxygen atoms in total. The molecule has 0 spiro atoms. The third kappa shape index (κ3) is 4.68. The SMILES string of the molecule is CC(C)(N=C=O)c1ccc(C(C)(C)OONC(=O)O)cc1. The predicted octanol–water partition coefficient (Wildman–Crippen LogP) is 2.62. The second-order valence-corrected chi connectivity index (χ2v) is 5.42. The number of nitrogens with zero attached hydrogens (tertiary/aromatic N) is 1. The van der Waals surface area contributed by atoms with Gasteiger partial charge in [-0.05, 0) is 38.8 Å². The summed E-state index contributed by atoms with van der Waals surface area (Å²) in [7, 11) is 0. The number of hydroxylamine groups is 1. The highest BCUT2D eigenvalue weighted by Gasteiger charge is 2.25. The average Bonchev–Trinajstić information content (AvgIpc) is 2.38.